The molecule has 0 radical (unpaired) electrons. The molecule has 104 valence electrons. The standard InChI is InChI=1S/C15H11N3O2S/c1-19-11-4-2-3-10(7-11)8-14-17-15(20-18-14)13-6-5-12(9-16)21-13/h2-7H,8H2,1H3. The zero-order valence-electron chi connectivity index (χ0n) is 11.2. The third-order valence-corrected chi connectivity index (χ3v) is 3.87. The van der Waals surface area contributed by atoms with Crippen LogP contribution in [0.3, 0.4) is 0 Å². The molecule has 2 aromatic heterocycles. The van der Waals surface area contributed by atoms with E-state index in [1.54, 1.807) is 13.2 Å². The maximum atomic E-state index is 8.83. The van der Waals surface area contributed by atoms with Gasteiger partial charge in [0.25, 0.3) is 5.89 Å². The first-order valence-corrected chi connectivity index (χ1v) is 7.06. The molecule has 2 heterocycles. The Bertz CT molecular complexity index is 801. The minimum Gasteiger partial charge on any atom is -0.497 e. The highest BCUT2D eigenvalue weighted by molar-refractivity contribution is 7.15. The van der Waals surface area contributed by atoms with E-state index in [9.17, 15) is 0 Å². The average molecular weight is 297 g/mol. The van der Waals surface area contributed by atoms with Gasteiger partial charge in [-0.1, -0.05) is 17.3 Å². The molecular formula is C15H11N3O2S. The fourth-order valence-corrected chi connectivity index (χ4v) is 2.63. The molecule has 1 aromatic carbocycles. The molecule has 0 N–H and O–H groups in total. The molecule has 0 amide bonds. The summed E-state index contributed by atoms with van der Waals surface area (Å²) >= 11 is 1.33. The fraction of sp³-hybridized carbons (Fsp3) is 0.133. The average Bonchev–Trinajstić information content (AvgIpc) is 3.16. The number of rotatable bonds is 4. The Morgan fingerprint density at radius 3 is 3.00 bits per heavy atom. The quantitative estimate of drug-likeness (QED) is 0.739. The van der Waals surface area contributed by atoms with Gasteiger partial charge in [0.05, 0.1) is 12.0 Å². The summed E-state index contributed by atoms with van der Waals surface area (Å²) in [5.41, 5.74) is 1.05. The van der Waals surface area contributed by atoms with E-state index in [0.29, 0.717) is 23.0 Å². The van der Waals surface area contributed by atoms with Crippen molar-refractivity contribution in [3.05, 3.63) is 52.7 Å². The minimum absolute atomic E-state index is 0.444. The summed E-state index contributed by atoms with van der Waals surface area (Å²) in [6.07, 6.45) is 0.567. The van der Waals surface area contributed by atoms with Crippen molar-refractivity contribution in [1.82, 2.24) is 10.1 Å². The van der Waals surface area contributed by atoms with Gasteiger partial charge < -0.3 is 9.26 Å². The molecule has 0 bridgehead atoms. The summed E-state index contributed by atoms with van der Waals surface area (Å²) < 4.78 is 10.4. The number of methoxy groups -OCH3 is 1. The zero-order valence-corrected chi connectivity index (χ0v) is 12.1. The van der Waals surface area contributed by atoms with Crippen LogP contribution in [0.15, 0.2) is 40.9 Å². The predicted octanol–water partition coefficient (Wildman–Crippen LogP) is 3.27. The second-order valence-corrected chi connectivity index (χ2v) is 5.40. The topological polar surface area (TPSA) is 71.9 Å². The van der Waals surface area contributed by atoms with Crippen LogP contribution in [-0.4, -0.2) is 17.3 Å². The highest BCUT2D eigenvalue weighted by Crippen LogP contribution is 2.26. The molecule has 0 saturated carbocycles. The van der Waals surface area contributed by atoms with E-state index >= 15 is 0 Å². The zero-order chi connectivity index (χ0) is 14.7. The first-order chi connectivity index (χ1) is 10.3. The van der Waals surface area contributed by atoms with Crippen LogP contribution in [-0.2, 0) is 6.42 Å². The Labute approximate surface area is 125 Å². The maximum Gasteiger partial charge on any atom is 0.268 e. The van der Waals surface area contributed by atoms with E-state index in [2.05, 4.69) is 16.2 Å². The van der Waals surface area contributed by atoms with Crippen LogP contribution < -0.4 is 4.74 Å². The van der Waals surface area contributed by atoms with Crippen molar-refractivity contribution < 1.29 is 9.26 Å². The van der Waals surface area contributed by atoms with Gasteiger partial charge in [-0.05, 0) is 29.8 Å². The lowest BCUT2D eigenvalue weighted by Gasteiger charge is -2.01. The highest BCUT2D eigenvalue weighted by atomic mass is 32.1. The second kappa shape index (κ2) is 5.77. The van der Waals surface area contributed by atoms with Crippen LogP contribution >= 0.6 is 11.3 Å². The Morgan fingerprint density at radius 2 is 2.24 bits per heavy atom. The minimum atomic E-state index is 0.444. The Morgan fingerprint density at radius 1 is 1.33 bits per heavy atom. The van der Waals surface area contributed by atoms with Crippen LogP contribution in [0.2, 0.25) is 0 Å². The van der Waals surface area contributed by atoms with Crippen molar-refractivity contribution in [2.24, 2.45) is 0 Å². The predicted molar refractivity (Wildman–Crippen MR) is 78.1 cm³/mol. The van der Waals surface area contributed by atoms with Gasteiger partial charge in [-0.15, -0.1) is 11.3 Å². The molecule has 0 unspecified atom stereocenters. The van der Waals surface area contributed by atoms with Gasteiger partial charge in [0.1, 0.15) is 16.7 Å². The third-order valence-electron chi connectivity index (χ3n) is 2.89. The van der Waals surface area contributed by atoms with Crippen LogP contribution in [0.4, 0.5) is 0 Å². The van der Waals surface area contributed by atoms with E-state index < -0.39 is 0 Å². The monoisotopic (exact) mass is 297 g/mol. The molecule has 0 aliphatic heterocycles. The van der Waals surface area contributed by atoms with Gasteiger partial charge in [-0.25, -0.2) is 0 Å². The lowest BCUT2D eigenvalue weighted by atomic mass is 10.1. The summed E-state index contributed by atoms with van der Waals surface area (Å²) in [4.78, 5) is 5.79. The maximum absolute atomic E-state index is 8.83. The molecule has 3 aromatic rings. The summed E-state index contributed by atoms with van der Waals surface area (Å²) in [5.74, 6) is 1.85. The lowest BCUT2D eigenvalue weighted by molar-refractivity contribution is 0.414. The van der Waals surface area contributed by atoms with Gasteiger partial charge >= 0.3 is 0 Å². The molecule has 0 saturated heterocycles. The van der Waals surface area contributed by atoms with Crippen molar-refractivity contribution in [3.63, 3.8) is 0 Å². The Balaban J connectivity index is 1.80. The van der Waals surface area contributed by atoms with E-state index in [1.165, 1.54) is 11.3 Å². The highest BCUT2D eigenvalue weighted by Gasteiger charge is 2.12. The summed E-state index contributed by atoms with van der Waals surface area (Å²) in [5, 5.41) is 12.8. The summed E-state index contributed by atoms with van der Waals surface area (Å²) in [6.45, 7) is 0. The number of nitrogens with zero attached hydrogens (tertiary/aromatic N) is 3. The van der Waals surface area contributed by atoms with E-state index in [4.69, 9.17) is 14.5 Å². The summed E-state index contributed by atoms with van der Waals surface area (Å²) in [6, 6.07) is 13.4. The van der Waals surface area contributed by atoms with Gasteiger partial charge in [-0.3, -0.25) is 0 Å². The van der Waals surface area contributed by atoms with Gasteiger partial charge in [0.2, 0.25) is 0 Å². The van der Waals surface area contributed by atoms with Crippen molar-refractivity contribution in [3.8, 4) is 22.6 Å². The van der Waals surface area contributed by atoms with E-state index in [0.717, 1.165) is 16.2 Å². The summed E-state index contributed by atoms with van der Waals surface area (Å²) in [7, 11) is 1.63. The number of nitriles is 1. The molecule has 0 aliphatic carbocycles. The first-order valence-electron chi connectivity index (χ1n) is 6.24. The van der Waals surface area contributed by atoms with Gasteiger partial charge in [0, 0.05) is 6.42 Å². The third kappa shape index (κ3) is 2.93. The molecule has 5 nitrogen and oxygen atoms in total. The van der Waals surface area contributed by atoms with Crippen LogP contribution in [0.25, 0.3) is 10.8 Å². The molecule has 6 heteroatoms. The molecule has 21 heavy (non-hydrogen) atoms. The normalized spacial score (nSPS) is 10.3. The molecule has 0 spiro atoms. The van der Waals surface area contributed by atoms with Crippen molar-refractivity contribution in [2.45, 2.75) is 6.42 Å². The van der Waals surface area contributed by atoms with E-state index in [-0.39, 0.29) is 0 Å². The smallest absolute Gasteiger partial charge is 0.268 e. The molecule has 0 atom stereocenters. The fourth-order valence-electron chi connectivity index (χ4n) is 1.90. The van der Waals surface area contributed by atoms with Gasteiger partial charge in [-0.2, -0.15) is 10.2 Å². The van der Waals surface area contributed by atoms with Gasteiger partial charge in [0.15, 0.2) is 5.82 Å². The molecule has 0 aliphatic rings. The number of ether oxygens (including phenoxy) is 1. The van der Waals surface area contributed by atoms with E-state index in [1.807, 2.05) is 30.3 Å². The van der Waals surface area contributed by atoms with Crippen LogP contribution in [0.5, 0.6) is 5.75 Å². The Hall–Kier alpha value is -2.65. The molecular weight excluding hydrogens is 286 g/mol. The number of hydrogen-bond donors (Lipinski definition) is 0. The number of hydrogen-bond acceptors (Lipinski definition) is 6. The van der Waals surface area contributed by atoms with Crippen molar-refractivity contribution in [1.29, 1.82) is 5.26 Å². The van der Waals surface area contributed by atoms with Crippen LogP contribution in [0, 0.1) is 11.3 Å². The lowest BCUT2D eigenvalue weighted by Crippen LogP contribution is -1.92. The Kier molecular flexibility index (Phi) is 3.67. The number of benzene rings is 1. The molecule has 0 fully saturated rings. The first kappa shape index (κ1) is 13.3. The molecule has 3 rings (SSSR count). The van der Waals surface area contributed by atoms with Crippen LogP contribution in [0.1, 0.15) is 16.3 Å². The number of aromatic nitrogens is 2. The SMILES string of the molecule is COc1cccc(Cc2noc(-c3ccc(C#N)s3)n2)c1. The van der Waals surface area contributed by atoms with Crippen molar-refractivity contribution in [2.75, 3.05) is 7.11 Å². The largest absolute Gasteiger partial charge is 0.497 e. The number of thiophene rings is 1. The van der Waals surface area contributed by atoms with Crippen molar-refractivity contribution >= 4 is 11.3 Å². The second-order valence-electron chi connectivity index (χ2n) is 4.32.